The van der Waals surface area contributed by atoms with Gasteiger partial charge in [-0.2, -0.15) is 0 Å². The molecule has 1 heterocycles. The van der Waals surface area contributed by atoms with E-state index in [0.29, 0.717) is 12.0 Å². The van der Waals surface area contributed by atoms with E-state index in [9.17, 15) is 30.3 Å². The maximum Gasteiger partial charge on any atom is 0.200 e. The number of Topliss-reactive ketones (excluding diaryl/α,β-unsaturated/α-hetero) is 1. The highest BCUT2D eigenvalue weighted by atomic mass is 16.5. The number of aromatic hydroxyl groups is 4. The Hall–Kier alpha value is -5.71. The Balaban J connectivity index is 1.12. The van der Waals surface area contributed by atoms with Gasteiger partial charge in [0.05, 0.1) is 6.10 Å². The van der Waals surface area contributed by atoms with Crippen LogP contribution < -0.4 is 15.2 Å². The quantitative estimate of drug-likeness (QED) is 0.0372. The number of aromatic nitrogens is 1. The van der Waals surface area contributed by atoms with Crippen molar-refractivity contribution in [3.8, 4) is 45.8 Å². The molecule has 5 aromatic rings. The van der Waals surface area contributed by atoms with Gasteiger partial charge in [-0.15, -0.1) is 0 Å². The number of hydrogen-bond acceptors (Lipinski definition) is 9. The minimum atomic E-state index is -1.04. The topological polar surface area (TPSA) is 178 Å². The van der Waals surface area contributed by atoms with Gasteiger partial charge in [-0.05, 0) is 108 Å². The van der Waals surface area contributed by atoms with Crippen molar-refractivity contribution < 1.29 is 39.8 Å². The summed E-state index contributed by atoms with van der Waals surface area (Å²) in [7, 11) is 0. The first kappa shape index (κ1) is 37.8. The number of nitrogens with one attached hydrogen (secondary N) is 1. The summed E-state index contributed by atoms with van der Waals surface area (Å²) in [5, 5.41) is 55.6. The molecule has 300 valence electrons. The zero-order chi connectivity index (χ0) is 40.1. The van der Waals surface area contributed by atoms with Gasteiger partial charge in [0.25, 0.3) is 0 Å². The molecule has 0 aliphatic heterocycles. The number of aryl methyl sites for hydroxylation is 1. The first-order valence-corrected chi connectivity index (χ1v) is 20.5. The molecule has 1 saturated carbocycles. The third-order valence-electron chi connectivity index (χ3n) is 13.6. The molecule has 10 nitrogen and oxygen atoms in total. The van der Waals surface area contributed by atoms with E-state index in [-0.39, 0.29) is 95.5 Å². The number of carbonyl (C=O) groups is 1. The molecule has 0 saturated heterocycles. The first-order chi connectivity index (χ1) is 28.2. The summed E-state index contributed by atoms with van der Waals surface area (Å²) in [5.41, 5.74) is 13.3. The molecule has 0 radical (unpaired) electrons. The second-order valence-corrected chi connectivity index (χ2v) is 16.6. The van der Waals surface area contributed by atoms with Gasteiger partial charge in [0.15, 0.2) is 23.0 Å². The Kier molecular flexibility index (Phi) is 9.94. The Bertz CT molecular complexity index is 2390. The van der Waals surface area contributed by atoms with Crippen LogP contribution in [0, 0.1) is 11.8 Å². The minimum Gasteiger partial charge on any atom is -0.508 e. The van der Waals surface area contributed by atoms with Crippen LogP contribution in [0.25, 0.3) is 11.3 Å². The van der Waals surface area contributed by atoms with E-state index in [1.807, 2.05) is 12.3 Å². The molecule has 10 rings (SSSR count). The highest BCUT2D eigenvalue weighted by Crippen LogP contribution is 2.68. The van der Waals surface area contributed by atoms with E-state index < -0.39 is 12.0 Å². The van der Waals surface area contributed by atoms with Crippen molar-refractivity contribution in [2.24, 2.45) is 17.6 Å². The molecule has 1 fully saturated rings. The Morgan fingerprint density at radius 3 is 2.60 bits per heavy atom. The number of rotatable bonds is 12. The van der Waals surface area contributed by atoms with Crippen LogP contribution >= 0.6 is 0 Å². The number of fused-ring (bicyclic) bond motifs is 9. The molecular weight excluding hydrogens is 733 g/mol. The van der Waals surface area contributed by atoms with Gasteiger partial charge in [0.1, 0.15) is 24.9 Å². The third kappa shape index (κ3) is 6.39. The normalized spacial score (nSPS) is 24.5. The fourth-order valence-corrected chi connectivity index (χ4v) is 11.2. The van der Waals surface area contributed by atoms with Crippen LogP contribution in [0.1, 0.15) is 96.1 Å². The average molecular weight is 783 g/mol. The monoisotopic (exact) mass is 782 g/mol. The molecule has 4 aromatic carbocycles. The molecule has 10 heteroatoms. The minimum absolute atomic E-state index is 0.00919. The maximum atomic E-state index is 13.8. The molecule has 2 bridgehead atoms. The fourth-order valence-electron chi connectivity index (χ4n) is 11.2. The summed E-state index contributed by atoms with van der Waals surface area (Å²) >= 11 is 0. The fraction of sp³-hybridized carbons (Fsp3) is 0.354. The lowest BCUT2D eigenvalue weighted by atomic mass is 9.46. The molecular formula is C48H50N2O8. The van der Waals surface area contributed by atoms with Crippen molar-refractivity contribution in [1.82, 2.24) is 4.98 Å². The number of nitrogens with two attached hydrogens (primary N) is 1. The summed E-state index contributed by atoms with van der Waals surface area (Å²) in [5.74, 6) is -1.05. The molecule has 5 aliphatic rings. The third-order valence-corrected chi connectivity index (χ3v) is 13.6. The molecule has 8 N–H and O–H groups in total. The molecule has 0 amide bonds. The number of aliphatic hydroxyl groups is 1. The standard InChI is InChI=1S/C48H50N2O8/c49-26-58-42-21-27(12-16-39(42)53)11-14-31(52)23-40(54)34-15-13-29-22-38(48-18-4-3-10-37(48)33-17-19-50-45(33)32-8-1-2-9-36(32)48)44(34)35-24-41(55)46(56)47(43(29)35)57-25-28-6-5-7-30(51)20-28/h1-2,5-9,12-13,15-17,19-21,24,29,34,37-38,40,44,50-51,53-56H,3-4,10-11,14,18,22-23,25-26,49H2/t29-,34-,37-,38+,40-,44-,48-/m0/s1. The number of benzene rings is 4. The predicted molar refractivity (Wildman–Crippen MR) is 219 cm³/mol. The zero-order valence-corrected chi connectivity index (χ0v) is 32.3. The maximum absolute atomic E-state index is 13.8. The highest BCUT2D eigenvalue weighted by molar-refractivity contribution is 5.79. The van der Waals surface area contributed by atoms with Crippen molar-refractivity contribution in [2.45, 2.75) is 87.2 Å². The van der Waals surface area contributed by atoms with Crippen LogP contribution in [-0.2, 0) is 23.2 Å². The molecule has 58 heavy (non-hydrogen) atoms. The molecule has 0 spiro atoms. The van der Waals surface area contributed by atoms with Crippen LogP contribution in [0.2, 0.25) is 0 Å². The number of phenols is 4. The van der Waals surface area contributed by atoms with Gasteiger partial charge in [-0.3, -0.25) is 10.5 Å². The lowest BCUT2D eigenvalue weighted by Crippen LogP contribution is -2.50. The molecule has 5 aliphatic carbocycles. The van der Waals surface area contributed by atoms with Crippen LogP contribution in [-0.4, -0.2) is 49.1 Å². The van der Waals surface area contributed by atoms with Crippen LogP contribution in [0.15, 0.2) is 97.2 Å². The van der Waals surface area contributed by atoms with E-state index in [4.69, 9.17) is 15.2 Å². The second-order valence-electron chi connectivity index (χ2n) is 16.6. The van der Waals surface area contributed by atoms with Crippen molar-refractivity contribution in [1.29, 1.82) is 0 Å². The van der Waals surface area contributed by atoms with E-state index in [0.717, 1.165) is 54.5 Å². The Morgan fingerprint density at radius 2 is 1.76 bits per heavy atom. The molecule has 1 aromatic heterocycles. The number of carbonyl (C=O) groups excluding carboxylic acids is 1. The van der Waals surface area contributed by atoms with E-state index in [1.54, 1.807) is 36.4 Å². The number of allylic oxidation sites excluding steroid dienone is 1. The average Bonchev–Trinajstić information content (AvgIpc) is 3.57. The van der Waals surface area contributed by atoms with Crippen molar-refractivity contribution in [3.63, 3.8) is 0 Å². The van der Waals surface area contributed by atoms with Gasteiger partial charge in [0, 0.05) is 53.1 Å². The number of aliphatic hydroxyl groups excluding tert-OH is 1. The molecule has 0 unspecified atom stereocenters. The number of H-pyrrole nitrogens is 1. The number of aromatic amines is 1. The van der Waals surface area contributed by atoms with Crippen molar-refractivity contribution >= 4 is 5.78 Å². The summed E-state index contributed by atoms with van der Waals surface area (Å²) in [4.78, 5) is 17.3. The van der Waals surface area contributed by atoms with Crippen molar-refractivity contribution in [3.05, 3.63) is 131 Å². The van der Waals surface area contributed by atoms with Gasteiger partial charge in [-0.25, -0.2) is 0 Å². The van der Waals surface area contributed by atoms with Crippen LogP contribution in [0.5, 0.6) is 34.5 Å². The summed E-state index contributed by atoms with van der Waals surface area (Å²) in [6.07, 6.45) is 10.6. The molecule has 7 atom stereocenters. The van der Waals surface area contributed by atoms with E-state index in [2.05, 4.69) is 47.5 Å². The summed E-state index contributed by atoms with van der Waals surface area (Å²) in [6.45, 7) is -0.0365. The lowest BCUT2D eigenvalue weighted by molar-refractivity contribution is -0.121. The number of phenolic OH excluding ortho intramolecular Hbond substituents is 4. The zero-order valence-electron chi connectivity index (χ0n) is 32.3. The number of ketones is 1. The van der Waals surface area contributed by atoms with Crippen LogP contribution in [0.4, 0.5) is 0 Å². The van der Waals surface area contributed by atoms with Gasteiger partial charge >= 0.3 is 0 Å². The largest absolute Gasteiger partial charge is 0.508 e. The van der Waals surface area contributed by atoms with Gasteiger partial charge < -0.3 is 40.0 Å². The van der Waals surface area contributed by atoms with E-state index in [1.165, 1.54) is 22.8 Å². The predicted octanol–water partition coefficient (Wildman–Crippen LogP) is 8.31. The SMILES string of the molecule is NCOc1cc(CCC(=O)C[C@H](O)[C@@H]2C=C[C@H]3C[C@@H]([C@]45CCCC[C@H]4c4cc[nH]c4-c4ccccc45)[C@@H]2c2cc(O)c(O)c(OCc4cccc(O)c4)c23)ccc1O. The summed E-state index contributed by atoms with van der Waals surface area (Å²) in [6, 6.07) is 24.3. The van der Waals surface area contributed by atoms with Crippen LogP contribution in [0.3, 0.4) is 0 Å². The Morgan fingerprint density at radius 1 is 0.897 bits per heavy atom. The van der Waals surface area contributed by atoms with Gasteiger partial charge in [0.2, 0.25) is 5.75 Å². The summed E-state index contributed by atoms with van der Waals surface area (Å²) < 4.78 is 11.7. The van der Waals surface area contributed by atoms with Crippen molar-refractivity contribution in [2.75, 3.05) is 6.73 Å². The highest BCUT2D eigenvalue weighted by Gasteiger charge is 2.59. The smallest absolute Gasteiger partial charge is 0.200 e. The number of hydrogen-bond donors (Lipinski definition) is 7. The number of ether oxygens (including phenoxy) is 2. The van der Waals surface area contributed by atoms with E-state index >= 15 is 0 Å². The second kappa shape index (κ2) is 15.2. The van der Waals surface area contributed by atoms with Gasteiger partial charge in [-0.1, -0.05) is 67.5 Å². The lowest BCUT2D eigenvalue weighted by Gasteiger charge is -2.57. The first-order valence-electron chi connectivity index (χ1n) is 20.5. The Labute approximate surface area is 337 Å².